The Morgan fingerprint density at radius 3 is 2.77 bits per heavy atom. The molecule has 1 fully saturated rings. The summed E-state index contributed by atoms with van der Waals surface area (Å²) < 4.78 is 2.11. The lowest BCUT2D eigenvalue weighted by molar-refractivity contribution is -0.127. The van der Waals surface area contributed by atoms with Crippen molar-refractivity contribution in [3.8, 4) is 11.4 Å². The molecule has 162 valence electrons. The average molecular weight is 455 g/mol. The number of thiazole rings is 1. The van der Waals surface area contributed by atoms with Gasteiger partial charge in [0.05, 0.1) is 22.7 Å². The molecule has 0 aliphatic carbocycles. The van der Waals surface area contributed by atoms with Crippen LogP contribution in [0.25, 0.3) is 11.4 Å². The van der Waals surface area contributed by atoms with E-state index in [2.05, 4.69) is 16.7 Å². The van der Waals surface area contributed by atoms with Crippen LogP contribution in [0.1, 0.15) is 40.3 Å². The first-order valence-corrected chi connectivity index (χ1v) is 12.3. The molecule has 1 saturated heterocycles. The fourth-order valence-electron chi connectivity index (χ4n) is 3.91. The zero-order valence-electron chi connectivity index (χ0n) is 17.5. The summed E-state index contributed by atoms with van der Waals surface area (Å²) in [5.74, 6) is 0.610. The predicted molar refractivity (Wildman–Crippen MR) is 125 cm³/mol. The van der Waals surface area contributed by atoms with Gasteiger partial charge in [-0.1, -0.05) is 18.2 Å². The summed E-state index contributed by atoms with van der Waals surface area (Å²) in [6.07, 6.45) is 2.43. The van der Waals surface area contributed by atoms with Gasteiger partial charge in [-0.15, -0.1) is 23.1 Å². The lowest BCUT2D eigenvalue weighted by Gasteiger charge is -2.17. The molecular weight excluding hydrogens is 428 g/mol. The van der Waals surface area contributed by atoms with Crippen molar-refractivity contribution in [1.29, 1.82) is 0 Å². The second-order valence-corrected chi connectivity index (χ2v) is 9.60. The Bertz CT molecular complexity index is 1070. The van der Waals surface area contributed by atoms with Gasteiger partial charge >= 0.3 is 0 Å². The van der Waals surface area contributed by atoms with Gasteiger partial charge in [-0.25, -0.2) is 4.98 Å². The molecule has 1 aliphatic rings. The van der Waals surface area contributed by atoms with Gasteiger partial charge in [-0.05, 0) is 38.0 Å². The minimum Gasteiger partial charge on any atom is -0.366 e. The van der Waals surface area contributed by atoms with Crippen LogP contribution in [-0.2, 0) is 17.1 Å². The third-order valence-corrected chi connectivity index (χ3v) is 7.59. The Balaban J connectivity index is 1.50. The second kappa shape index (κ2) is 9.70. The van der Waals surface area contributed by atoms with Gasteiger partial charge in [0, 0.05) is 42.0 Å². The number of benzene rings is 1. The largest absolute Gasteiger partial charge is 0.366 e. The van der Waals surface area contributed by atoms with Gasteiger partial charge < -0.3 is 15.2 Å². The van der Waals surface area contributed by atoms with E-state index in [1.807, 2.05) is 41.5 Å². The van der Waals surface area contributed by atoms with Crippen molar-refractivity contribution < 1.29 is 9.59 Å². The lowest BCUT2D eigenvalue weighted by atomic mass is 10.2. The molecule has 2 aromatic heterocycles. The predicted octanol–water partition coefficient (Wildman–Crippen LogP) is 4.32. The highest BCUT2D eigenvalue weighted by Crippen LogP contribution is 2.30. The number of thioether (sulfide) groups is 1. The number of rotatable bonds is 9. The molecule has 0 radical (unpaired) electrons. The van der Waals surface area contributed by atoms with Crippen LogP contribution in [0.3, 0.4) is 0 Å². The minimum absolute atomic E-state index is 0.238. The second-order valence-electron chi connectivity index (χ2n) is 7.61. The number of likely N-dealkylation sites (tertiary alicyclic amines) is 1. The van der Waals surface area contributed by atoms with Crippen molar-refractivity contribution in [3.63, 3.8) is 0 Å². The van der Waals surface area contributed by atoms with Gasteiger partial charge in [0.2, 0.25) is 5.91 Å². The van der Waals surface area contributed by atoms with Crippen molar-refractivity contribution in [2.75, 3.05) is 13.1 Å². The third kappa shape index (κ3) is 5.02. The van der Waals surface area contributed by atoms with Crippen molar-refractivity contribution in [1.82, 2.24) is 14.5 Å². The number of hydrogen-bond donors (Lipinski definition) is 1. The summed E-state index contributed by atoms with van der Waals surface area (Å²) in [7, 11) is 0. The fraction of sp³-hybridized carbons (Fsp3) is 0.348. The Kier molecular flexibility index (Phi) is 6.77. The van der Waals surface area contributed by atoms with E-state index in [0.717, 1.165) is 53.8 Å². The van der Waals surface area contributed by atoms with Crippen LogP contribution in [0, 0.1) is 6.92 Å². The zero-order chi connectivity index (χ0) is 21.8. The Labute approximate surface area is 190 Å². The number of primary amides is 1. The van der Waals surface area contributed by atoms with E-state index in [-0.39, 0.29) is 5.91 Å². The van der Waals surface area contributed by atoms with Crippen LogP contribution < -0.4 is 5.73 Å². The summed E-state index contributed by atoms with van der Waals surface area (Å²) in [5.41, 5.74) is 8.76. The molecule has 8 heteroatoms. The molecule has 4 rings (SSSR count). The molecular formula is C23H26N4O2S2. The number of amides is 2. The van der Waals surface area contributed by atoms with Crippen molar-refractivity contribution >= 4 is 34.9 Å². The molecule has 3 aromatic rings. The van der Waals surface area contributed by atoms with Gasteiger partial charge in [0.15, 0.2) is 0 Å². The van der Waals surface area contributed by atoms with Gasteiger partial charge in [-0.3, -0.25) is 9.59 Å². The van der Waals surface area contributed by atoms with Crippen molar-refractivity contribution in [2.24, 2.45) is 5.73 Å². The zero-order valence-corrected chi connectivity index (χ0v) is 19.2. The number of aromatic nitrogens is 2. The van der Waals surface area contributed by atoms with E-state index in [4.69, 9.17) is 10.7 Å². The average Bonchev–Trinajstić information content (AvgIpc) is 3.47. The number of carbonyl (C=O) groups excluding carboxylic acids is 2. The summed E-state index contributed by atoms with van der Waals surface area (Å²) >= 11 is 3.38. The minimum atomic E-state index is -0.428. The number of nitrogens with zero attached hydrogens (tertiary/aromatic N) is 3. The lowest BCUT2D eigenvalue weighted by Crippen LogP contribution is -2.26. The first-order chi connectivity index (χ1) is 15.0. The molecule has 6 nitrogen and oxygen atoms in total. The Morgan fingerprint density at radius 1 is 1.26 bits per heavy atom. The first kappa shape index (κ1) is 21.6. The Hall–Kier alpha value is -2.58. The van der Waals surface area contributed by atoms with Crippen LogP contribution in [-0.4, -0.2) is 39.4 Å². The quantitative estimate of drug-likeness (QED) is 0.488. The smallest absolute Gasteiger partial charge is 0.250 e. The van der Waals surface area contributed by atoms with Gasteiger partial charge in [0.25, 0.3) is 5.91 Å². The Morgan fingerprint density at radius 2 is 2.06 bits per heavy atom. The van der Waals surface area contributed by atoms with Crippen LogP contribution in [0.5, 0.6) is 0 Å². The highest BCUT2D eigenvalue weighted by Gasteiger charge is 2.21. The van der Waals surface area contributed by atoms with E-state index in [1.165, 1.54) is 4.90 Å². The van der Waals surface area contributed by atoms with Crippen LogP contribution in [0.2, 0.25) is 0 Å². The monoisotopic (exact) mass is 454 g/mol. The standard InChI is InChI=1S/C23H26N4O2S2/c1-16-18(23(24)29)13-20(27(16)12-6-11-26-10-5-9-22(26)28)19-14-31-21(25-19)15-30-17-7-3-2-4-8-17/h2-4,7-8,13-14H,5-6,9-12,15H2,1H3,(H2,24,29). The fourth-order valence-corrected chi connectivity index (χ4v) is 5.64. The maximum atomic E-state index is 11.9. The molecule has 1 aromatic carbocycles. The molecule has 0 bridgehead atoms. The van der Waals surface area contributed by atoms with E-state index in [1.54, 1.807) is 23.1 Å². The molecule has 3 heterocycles. The summed E-state index contributed by atoms with van der Waals surface area (Å²) in [4.78, 5) is 31.8. The number of nitrogens with two attached hydrogens (primary N) is 1. The number of carbonyl (C=O) groups is 2. The highest BCUT2D eigenvalue weighted by molar-refractivity contribution is 7.98. The van der Waals surface area contributed by atoms with Gasteiger partial charge in [0.1, 0.15) is 5.01 Å². The van der Waals surface area contributed by atoms with E-state index in [9.17, 15) is 9.59 Å². The maximum Gasteiger partial charge on any atom is 0.250 e. The van der Waals surface area contributed by atoms with Crippen LogP contribution in [0.15, 0.2) is 46.7 Å². The molecule has 31 heavy (non-hydrogen) atoms. The van der Waals surface area contributed by atoms with E-state index in [0.29, 0.717) is 18.5 Å². The number of hydrogen-bond acceptors (Lipinski definition) is 5. The van der Waals surface area contributed by atoms with Crippen LogP contribution >= 0.6 is 23.1 Å². The normalized spacial score (nSPS) is 13.8. The highest BCUT2D eigenvalue weighted by atomic mass is 32.2. The molecule has 0 unspecified atom stereocenters. The summed E-state index contributed by atoms with van der Waals surface area (Å²) in [6.45, 7) is 4.21. The van der Waals surface area contributed by atoms with Crippen LogP contribution in [0.4, 0.5) is 0 Å². The molecule has 2 N–H and O–H groups in total. The SMILES string of the molecule is Cc1c(C(N)=O)cc(-c2csc(CSc3ccccc3)n2)n1CCCN1CCCC1=O. The van der Waals surface area contributed by atoms with E-state index >= 15 is 0 Å². The van der Waals surface area contributed by atoms with E-state index < -0.39 is 5.91 Å². The summed E-state index contributed by atoms with van der Waals surface area (Å²) in [6, 6.07) is 12.1. The molecule has 1 aliphatic heterocycles. The molecule has 0 spiro atoms. The summed E-state index contributed by atoms with van der Waals surface area (Å²) in [5, 5.41) is 3.08. The van der Waals surface area contributed by atoms with Gasteiger partial charge in [-0.2, -0.15) is 0 Å². The molecule has 0 saturated carbocycles. The molecule has 2 amide bonds. The van der Waals surface area contributed by atoms with Crippen molar-refractivity contribution in [2.45, 2.75) is 43.4 Å². The first-order valence-electron chi connectivity index (χ1n) is 10.4. The maximum absolute atomic E-state index is 11.9. The topological polar surface area (TPSA) is 81.2 Å². The molecule has 0 atom stereocenters. The third-order valence-electron chi connectivity index (χ3n) is 5.53. The van der Waals surface area contributed by atoms with Crippen molar-refractivity contribution in [3.05, 3.63) is 58.0 Å².